The molecule has 1 atom stereocenters. The summed E-state index contributed by atoms with van der Waals surface area (Å²) in [6, 6.07) is 0. The van der Waals surface area contributed by atoms with Crippen LogP contribution in [-0.4, -0.2) is 17.7 Å². The smallest absolute Gasteiger partial charge is 0.323 e. The maximum Gasteiger partial charge on any atom is 0.355 e. The second-order valence-electron chi connectivity index (χ2n) is 5.44. The highest BCUT2D eigenvalue weighted by atomic mass is 31.2. The van der Waals surface area contributed by atoms with Crippen LogP contribution in [0.15, 0.2) is 0 Å². The molecule has 0 spiro atoms. The Kier molecular flexibility index (Phi) is 14.1. The summed E-state index contributed by atoms with van der Waals surface area (Å²) >= 11 is 0. The molecule has 122 valence electrons. The Morgan fingerprint density at radius 3 is 1.90 bits per heavy atom. The minimum absolute atomic E-state index is 0.204. The lowest BCUT2D eigenvalue weighted by atomic mass is 10.1. The molecule has 0 amide bonds. The fourth-order valence-electron chi connectivity index (χ4n) is 2.01. The van der Waals surface area contributed by atoms with E-state index in [9.17, 15) is 9.46 Å². The number of hydrogen-bond acceptors (Lipinski definition) is 3. The Morgan fingerprint density at radius 1 is 0.800 bits per heavy atom. The molecule has 0 saturated carbocycles. The van der Waals surface area contributed by atoms with E-state index in [2.05, 4.69) is 18.5 Å². The van der Waals surface area contributed by atoms with Crippen molar-refractivity contribution in [3.8, 4) is 0 Å². The fraction of sp³-hybridized carbons (Fsp3) is 1.00. The van der Waals surface area contributed by atoms with E-state index in [-0.39, 0.29) is 6.16 Å². The molecule has 0 bridgehead atoms. The number of hydrogen-bond donors (Lipinski definition) is 1. The minimum atomic E-state index is -3.53. The maximum atomic E-state index is 11.6. The summed E-state index contributed by atoms with van der Waals surface area (Å²) in [4.78, 5) is 14.4. The summed E-state index contributed by atoms with van der Waals surface area (Å²) < 4.78 is 16.3. The summed E-state index contributed by atoms with van der Waals surface area (Å²) in [6.07, 6.45) is 12.5. The minimum Gasteiger partial charge on any atom is -0.323 e. The summed E-state index contributed by atoms with van der Waals surface area (Å²) in [5.74, 6) is 0. The highest BCUT2D eigenvalue weighted by Crippen LogP contribution is 2.43. The third kappa shape index (κ3) is 14.5. The van der Waals surface area contributed by atoms with Crippen molar-refractivity contribution in [2.24, 2.45) is 0 Å². The van der Waals surface area contributed by atoms with Gasteiger partial charge in [0.1, 0.15) is 0 Å². The van der Waals surface area contributed by atoms with Crippen molar-refractivity contribution in [2.75, 3.05) is 12.8 Å². The second kappa shape index (κ2) is 14.1. The molecule has 0 heterocycles. The molecule has 1 N–H and O–H groups in total. The van der Waals surface area contributed by atoms with Crippen LogP contribution in [0.3, 0.4) is 0 Å². The Morgan fingerprint density at radius 2 is 1.30 bits per heavy atom. The molecule has 0 fully saturated rings. The Bertz CT molecular complexity index is 246. The van der Waals surface area contributed by atoms with Crippen molar-refractivity contribution in [3.63, 3.8) is 0 Å². The predicted octanol–water partition coefficient (Wildman–Crippen LogP) is 5.45. The Balaban J connectivity index is 3.36. The zero-order valence-corrected chi connectivity index (χ0v) is 14.2. The predicted molar refractivity (Wildman–Crippen MR) is 83.9 cm³/mol. The molecule has 0 aromatic heterocycles. The van der Waals surface area contributed by atoms with Crippen LogP contribution in [0.5, 0.6) is 0 Å². The van der Waals surface area contributed by atoms with Crippen LogP contribution < -0.4 is 0 Å². The van der Waals surface area contributed by atoms with Gasteiger partial charge in [0.2, 0.25) is 0 Å². The standard InChI is InChI=1S/C15H33O4P/c1-3-5-7-8-9-10-11-13-15-20(16,17)19-18-14-12-6-4-2/h3-15H2,1-2H3,(H,16,17). The molecule has 4 nitrogen and oxygen atoms in total. The molecule has 0 aliphatic carbocycles. The molecular weight excluding hydrogens is 275 g/mol. The van der Waals surface area contributed by atoms with E-state index in [4.69, 9.17) is 4.89 Å². The topological polar surface area (TPSA) is 55.8 Å². The van der Waals surface area contributed by atoms with Gasteiger partial charge in [-0.25, -0.2) is 4.89 Å². The van der Waals surface area contributed by atoms with Gasteiger partial charge in [-0.3, -0.25) is 4.57 Å². The van der Waals surface area contributed by atoms with Gasteiger partial charge < -0.3 is 4.89 Å². The quantitative estimate of drug-likeness (QED) is 0.189. The van der Waals surface area contributed by atoms with Gasteiger partial charge in [0, 0.05) is 0 Å². The van der Waals surface area contributed by atoms with Crippen LogP contribution >= 0.6 is 7.60 Å². The van der Waals surface area contributed by atoms with E-state index in [0.717, 1.165) is 38.5 Å². The van der Waals surface area contributed by atoms with Crippen LogP contribution in [0.4, 0.5) is 0 Å². The molecule has 20 heavy (non-hydrogen) atoms. The van der Waals surface area contributed by atoms with Gasteiger partial charge in [-0.1, -0.05) is 71.6 Å². The summed E-state index contributed by atoms with van der Waals surface area (Å²) in [5.41, 5.74) is 0. The Labute approximate surface area is 124 Å². The van der Waals surface area contributed by atoms with Gasteiger partial charge in [-0.15, -0.1) is 4.67 Å². The lowest BCUT2D eigenvalue weighted by molar-refractivity contribution is -0.213. The molecule has 0 aliphatic heterocycles. The molecule has 0 rings (SSSR count). The molecule has 5 heteroatoms. The van der Waals surface area contributed by atoms with Crippen LogP contribution in [0.25, 0.3) is 0 Å². The van der Waals surface area contributed by atoms with E-state index < -0.39 is 7.60 Å². The number of rotatable bonds is 15. The van der Waals surface area contributed by atoms with Gasteiger partial charge >= 0.3 is 7.60 Å². The zero-order chi connectivity index (χ0) is 15.1. The van der Waals surface area contributed by atoms with Crippen molar-refractivity contribution in [3.05, 3.63) is 0 Å². The van der Waals surface area contributed by atoms with Gasteiger partial charge in [0.25, 0.3) is 0 Å². The van der Waals surface area contributed by atoms with Gasteiger partial charge in [0.15, 0.2) is 0 Å². The highest BCUT2D eigenvalue weighted by molar-refractivity contribution is 7.52. The van der Waals surface area contributed by atoms with E-state index in [1.165, 1.54) is 32.1 Å². The summed E-state index contributed by atoms with van der Waals surface area (Å²) in [7, 11) is -3.53. The number of unbranched alkanes of at least 4 members (excludes halogenated alkanes) is 9. The molecule has 0 aromatic carbocycles. The van der Waals surface area contributed by atoms with Crippen molar-refractivity contribution >= 4 is 7.60 Å². The molecule has 0 saturated heterocycles. The van der Waals surface area contributed by atoms with Crippen LogP contribution in [-0.2, 0) is 14.1 Å². The van der Waals surface area contributed by atoms with E-state index in [0.29, 0.717) is 6.61 Å². The van der Waals surface area contributed by atoms with Gasteiger partial charge in [-0.05, 0) is 12.8 Å². The molecule has 0 aromatic rings. The third-order valence-corrected chi connectivity index (χ3v) is 4.51. The van der Waals surface area contributed by atoms with Crippen LogP contribution in [0, 0.1) is 0 Å². The average Bonchev–Trinajstić information content (AvgIpc) is 2.41. The van der Waals surface area contributed by atoms with Crippen molar-refractivity contribution < 1.29 is 19.0 Å². The first kappa shape index (κ1) is 20.1. The van der Waals surface area contributed by atoms with Crippen molar-refractivity contribution in [1.29, 1.82) is 0 Å². The summed E-state index contributed by atoms with van der Waals surface area (Å²) in [5, 5.41) is 0. The largest absolute Gasteiger partial charge is 0.355 e. The van der Waals surface area contributed by atoms with Crippen LogP contribution in [0.2, 0.25) is 0 Å². The van der Waals surface area contributed by atoms with E-state index in [1.807, 2.05) is 0 Å². The zero-order valence-electron chi connectivity index (χ0n) is 13.3. The monoisotopic (exact) mass is 308 g/mol. The maximum absolute atomic E-state index is 11.6. The van der Waals surface area contributed by atoms with E-state index in [1.54, 1.807) is 0 Å². The van der Waals surface area contributed by atoms with E-state index >= 15 is 0 Å². The average molecular weight is 308 g/mol. The fourth-order valence-corrected chi connectivity index (χ4v) is 2.95. The van der Waals surface area contributed by atoms with Gasteiger partial charge in [0.05, 0.1) is 12.8 Å². The highest BCUT2D eigenvalue weighted by Gasteiger charge is 2.19. The molecule has 0 aliphatic rings. The van der Waals surface area contributed by atoms with Crippen LogP contribution in [0.1, 0.15) is 84.5 Å². The third-order valence-electron chi connectivity index (χ3n) is 3.29. The SMILES string of the molecule is CCCCCCCCCCP(=O)(O)OOCCCCC. The first-order valence-electron chi connectivity index (χ1n) is 8.25. The first-order valence-corrected chi connectivity index (χ1v) is 10.0. The summed E-state index contributed by atoms with van der Waals surface area (Å²) in [6.45, 7) is 4.71. The van der Waals surface area contributed by atoms with Crippen molar-refractivity contribution in [1.82, 2.24) is 0 Å². The molecule has 0 radical (unpaired) electrons. The molecular formula is C15H33O4P. The Hall–Kier alpha value is 0.110. The normalized spacial score (nSPS) is 14.3. The lowest BCUT2D eigenvalue weighted by Crippen LogP contribution is -1.99. The second-order valence-corrected chi connectivity index (χ2v) is 7.31. The first-order chi connectivity index (χ1) is 9.62. The van der Waals surface area contributed by atoms with Crippen molar-refractivity contribution in [2.45, 2.75) is 84.5 Å². The lowest BCUT2D eigenvalue weighted by Gasteiger charge is -2.10. The van der Waals surface area contributed by atoms with Gasteiger partial charge in [-0.2, -0.15) is 0 Å². The molecule has 1 unspecified atom stereocenters.